The van der Waals surface area contributed by atoms with Crippen molar-refractivity contribution in [2.45, 2.75) is 65.9 Å². The van der Waals surface area contributed by atoms with Crippen molar-refractivity contribution in [3.63, 3.8) is 0 Å². The Morgan fingerprint density at radius 1 is 1.15 bits per heavy atom. The van der Waals surface area contributed by atoms with Gasteiger partial charge in [-0.2, -0.15) is 0 Å². The summed E-state index contributed by atoms with van der Waals surface area (Å²) < 4.78 is 5.47. The molecule has 1 atom stereocenters. The fourth-order valence-corrected chi connectivity index (χ4v) is 3.65. The first kappa shape index (κ1) is 20.8. The Labute approximate surface area is 159 Å². The van der Waals surface area contributed by atoms with Gasteiger partial charge in [-0.1, -0.05) is 6.92 Å². The first-order valence-electron chi connectivity index (χ1n) is 10.3. The minimum absolute atomic E-state index is 0.185. The summed E-state index contributed by atoms with van der Waals surface area (Å²) in [7, 11) is 0. The lowest BCUT2D eigenvalue weighted by Crippen LogP contribution is -2.46. The number of aliphatic imine (C=N–C) groups is 1. The number of likely N-dealkylation sites (tertiary alicyclic amines) is 2. The molecule has 2 rings (SSSR count). The van der Waals surface area contributed by atoms with E-state index in [1.165, 1.54) is 12.8 Å². The minimum atomic E-state index is -0.426. The van der Waals surface area contributed by atoms with Crippen LogP contribution >= 0.6 is 0 Å². The summed E-state index contributed by atoms with van der Waals surface area (Å²) in [5.41, 5.74) is -0.426. The Hall–Kier alpha value is -1.46. The molecule has 1 N–H and O–H groups in total. The van der Waals surface area contributed by atoms with Crippen LogP contribution in [0.5, 0.6) is 0 Å². The van der Waals surface area contributed by atoms with Crippen LogP contribution < -0.4 is 5.32 Å². The Kier molecular flexibility index (Phi) is 7.59. The van der Waals surface area contributed by atoms with E-state index < -0.39 is 5.60 Å². The highest BCUT2D eigenvalue weighted by atomic mass is 16.6. The molecular weight excluding hydrogens is 328 g/mol. The second kappa shape index (κ2) is 9.47. The van der Waals surface area contributed by atoms with Crippen LogP contribution in [-0.2, 0) is 4.74 Å². The van der Waals surface area contributed by atoms with Gasteiger partial charge in [0.2, 0.25) is 0 Å². The zero-order valence-corrected chi connectivity index (χ0v) is 17.4. The molecule has 0 spiro atoms. The van der Waals surface area contributed by atoms with Crippen molar-refractivity contribution in [1.29, 1.82) is 0 Å². The van der Waals surface area contributed by atoms with E-state index in [1.807, 2.05) is 25.7 Å². The van der Waals surface area contributed by atoms with E-state index in [0.717, 1.165) is 64.0 Å². The summed E-state index contributed by atoms with van der Waals surface area (Å²) in [4.78, 5) is 21.3. The van der Waals surface area contributed by atoms with Crippen LogP contribution in [-0.4, -0.2) is 66.7 Å². The lowest BCUT2D eigenvalue weighted by molar-refractivity contribution is 0.0187. The van der Waals surface area contributed by atoms with Gasteiger partial charge in [0, 0.05) is 39.3 Å². The van der Waals surface area contributed by atoms with E-state index in [-0.39, 0.29) is 6.09 Å². The van der Waals surface area contributed by atoms with Gasteiger partial charge in [0.15, 0.2) is 5.96 Å². The molecule has 0 aromatic rings. The maximum Gasteiger partial charge on any atom is 0.410 e. The highest BCUT2D eigenvalue weighted by Crippen LogP contribution is 2.21. The summed E-state index contributed by atoms with van der Waals surface area (Å²) in [5.74, 6) is 2.35. The van der Waals surface area contributed by atoms with Crippen molar-refractivity contribution in [1.82, 2.24) is 15.1 Å². The fourth-order valence-electron chi connectivity index (χ4n) is 3.65. The third kappa shape index (κ3) is 6.69. The number of rotatable bonds is 3. The van der Waals surface area contributed by atoms with Crippen LogP contribution in [0.15, 0.2) is 4.99 Å². The van der Waals surface area contributed by atoms with Gasteiger partial charge in [-0.15, -0.1) is 0 Å². The Morgan fingerprint density at radius 2 is 1.85 bits per heavy atom. The van der Waals surface area contributed by atoms with Crippen LogP contribution in [0.2, 0.25) is 0 Å². The van der Waals surface area contributed by atoms with Crippen LogP contribution in [0.1, 0.15) is 60.3 Å². The lowest BCUT2D eigenvalue weighted by Gasteiger charge is -2.35. The Morgan fingerprint density at radius 3 is 2.42 bits per heavy atom. The van der Waals surface area contributed by atoms with Gasteiger partial charge in [0.05, 0.1) is 0 Å². The summed E-state index contributed by atoms with van der Waals surface area (Å²) in [5, 5.41) is 3.46. The number of nitrogens with one attached hydrogen (secondary N) is 1. The molecule has 2 aliphatic rings. The molecular formula is C20H38N4O2. The number of carbonyl (C=O) groups is 1. The molecule has 6 nitrogen and oxygen atoms in total. The number of ether oxygens (including phenoxy) is 1. The van der Waals surface area contributed by atoms with Gasteiger partial charge >= 0.3 is 6.09 Å². The van der Waals surface area contributed by atoms with E-state index >= 15 is 0 Å². The van der Waals surface area contributed by atoms with E-state index in [2.05, 4.69) is 24.1 Å². The molecule has 0 aromatic carbocycles. The quantitative estimate of drug-likeness (QED) is 0.615. The van der Waals surface area contributed by atoms with Crippen molar-refractivity contribution in [3.8, 4) is 0 Å². The van der Waals surface area contributed by atoms with Crippen LogP contribution in [0.25, 0.3) is 0 Å². The van der Waals surface area contributed by atoms with Crippen molar-refractivity contribution in [2.75, 3.05) is 39.3 Å². The fraction of sp³-hybridized carbons (Fsp3) is 0.900. The number of hydrogen-bond donors (Lipinski definition) is 1. The van der Waals surface area contributed by atoms with Gasteiger partial charge < -0.3 is 19.9 Å². The number of hydrogen-bond acceptors (Lipinski definition) is 3. The molecule has 1 unspecified atom stereocenters. The maximum absolute atomic E-state index is 12.2. The standard InChI is InChI=1S/C20H38N4O2/c1-6-21-18(24-11-7-8-16(2)15-24)22-14-17-9-12-23(13-10-17)19(25)26-20(3,4)5/h16-17H,6-15H2,1-5H3,(H,21,22). The smallest absolute Gasteiger partial charge is 0.410 e. The van der Waals surface area contributed by atoms with Crippen LogP contribution in [0.4, 0.5) is 4.79 Å². The SMILES string of the molecule is CCNC(=NCC1CCN(C(=O)OC(C)(C)C)CC1)N1CCCC(C)C1. The summed E-state index contributed by atoms with van der Waals surface area (Å²) in [6.07, 6.45) is 4.38. The number of guanidine groups is 1. The van der Waals surface area contributed by atoms with Crippen molar-refractivity contribution in [3.05, 3.63) is 0 Å². The molecule has 150 valence electrons. The van der Waals surface area contributed by atoms with Crippen LogP contribution in [0.3, 0.4) is 0 Å². The number of carbonyl (C=O) groups excluding carboxylic acids is 1. The van der Waals surface area contributed by atoms with Gasteiger partial charge in [-0.05, 0) is 65.2 Å². The predicted molar refractivity (Wildman–Crippen MR) is 106 cm³/mol. The second-order valence-corrected chi connectivity index (χ2v) is 8.80. The third-order valence-corrected chi connectivity index (χ3v) is 5.06. The van der Waals surface area contributed by atoms with E-state index in [1.54, 1.807) is 0 Å². The van der Waals surface area contributed by atoms with Gasteiger partial charge in [0.25, 0.3) is 0 Å². The van der Waals surface area contributed by atoms with E-state index in [0.29, 0.717) is 5.92 Å². The van der Waals surface area contributed by atoms with Gasteiger partial charge in [0.1, 0.15) is 5.60 Å². The first-order valence-corrected chi connectivity index (χ1v) is 10.3. The summed E-state index contributed by atoms with van der Waals surface area (Å²) in [6, 6.07) is 0. The molecule has 0 radical (unpaired) electrons. The highest BCUT2D eigenvalue weighted by molar-refractivity contribution is 5.80. The van der Waals surface area contributed by atoms with Crippen molar-refractivity contribution < 1.29 is 9.53 Å². The number of nitrogens with zero attached hydrogens (tertiary/aromatic N) is 3. The number of piperidine rings is 2. The van der Waals surface area contributed by atoms with E-state index in [9.17, 15) is 4.79 Å². The summed E-state index contributed by atoms with van der Waals surface area (Å²) in [6.45, 7) is 15.7. The Bertz CT molecular complexity index is 479. The molecule has 0 aromatic heterocycles. The monoisotopic (exact) mass is 366 g/mol. The Balaban J connectivity index is 1.83. The van der Waals surface area contributed by atoms with Crippen LogP contribution in [0, 0.1) is 11.8 Å². The normalized spacial score (nSPS) is 23.1. The van der Waals surface area contributed by atoms with Crippen molar-refractivity contribution >= 4 is 12.1 Å². The lowest BCUT2D eigenvalue weighted by atomic mass is 9.97. The van der Waals surface area contributed by atoms with Crippen molar-refractivity contribution in [2.24, 2.45) is 16.8 Å². The molecule has 1 amide bonds. The zero-order chi connectivity index (χ0) is 19.2. The first-order chi connectivity index (χ1) is 12.3. The summed E-state index contributed by atoms with van der Waals surface area (Å²) >= 11 is 0. The average molecular weight is 367 g/mol. The number of amides is 1. The molecule has 2 fully saturated rings. The average Bonchev–Trinajstić information content (AvgIpc) is 2.57. The van der Waals surface area contributed by atoms with Gasteiger partial charge in [-0.25, -0.2) is 4.79 Å². The predicted octanol–water partition coefficient (Wildman–Crippen LogP) is 3.33. The maximum atomic E-state index is 12.2. The molecule has 0 bridgehead atoms. The third-order valence-electron chi connectivity index (χ3n) is 5.06. The molecule has 2 heterocycles. The molecule has 0 aliphatic carbocycles. The van der Waals surface area contributed by atoms with Gasteiger partial charge in [-0.3, -0.25) is 4.99 Å². The minimum Gasteiger partial charge on any atom is -0.444 e. The molecule has 6 heteroatoms. The highest BCUT2D eigenvalue weighted by Gasteiger charge is 2.27. The largest absolute Gasteiger partial charge is 0.444 e. The molecule has 0 saturated carbocycles. The zero-order valence-electron chi connectivity index (χ0n) is 17.4. The topological polar surface area (TPSA) is 57.2 Å². The molecule has 26 heavy (non-hydrogen) atoms. The molecule has 2 saturated heterocycles. The second-order valence-electron chi connectivity index (χ2n) is 8.80. The molecule has 2 aliphatic heterocycles. The van der Waals surface area contributed by atoms with E-state index in [4.69, 9.17) is 9.73 Å².